The molecule has 4 nitrogen and oxygen atoms in total. The molecule has 4 heteroatoms. The van der Waals surface area contributed by atoms with E-state index in [0.29, 0.717) is 12.1 Å². The molecule has 2 amide bonds. The van der Waals surface area contributed by atoms with E-state index in [4.69, 9.17) is 0 Å². The number of benzene rings is 2. The molecule has 0 radical (unpaired) electrons. The Morgan fingerprint density at radius 1 is 0.955 bits per heavy atom. The molecule has 22 heavy (non-hydrogen) atoms. The second kappa shape index (κ2) is 7.98. The third kappa shape index (κ3) is 4.45. The average Bonchev–Trinajstić information content (AvgIpc) is 2.56. The largest absolute Gasteiger partial charge is 0.356 e. The number of hydrogen-bond donors (Lipinski definition) is 2. The van der Waals surface area contributed by atoms with Crippen molar-refractivity contribution in [2.24, 2.45) is 0 Å². The zero-order valence-corrected chi connectivity index (χ0v) is 12.6. The Morgan fingerprint density at radius 3 is 2.14 bits per heavy atom. The second-order valence-corrected chi connectivity index (χ2v) is 4.96. The second-order valence-electron chi connectivity index (χ2n) is 4.96. The lowest BCUT2D eigenvalue weighted by molar-refractivity contribution is -0.121. The predicted octanol–water partition coefficient (Wildman–Crippen LogP) is 2.68. The summed E-state index contributed by atoms with van der Waals surface area (Å²) in [7, 11) is 0. The molecule has 2 aromatic rings. The predicted molar refractivity (Wildman–Crippen MR) is 86.4 cm³/mol. The molecule has 0 bridgehead atoms. The number of carbonyl (C=O) groups is 2. The van der Waals surface area contributed by atoms with Crippen molar-refractivity contribution in [2.45, 2.75) is 19.4 Å². The van der Waals surface area contributed by atoms with Crippen LogP contribution in [0.4, 0.5) is 0 Å². The van der Waals surface area contributed by atoms with Gasteiger partial charge in [0.2, 0.25) is 5.91 Å². The first-order chi connectivity index (χ1) is 10.7. The number of nitrogens with one attached hydrogen (secondary N) is 2. The minimum Gasteiger partial charge on any atom is -0.356 e. The van der Waals surface area contributed by atoms with Crippen molar-refractivity contribution in [3.63, 3.8) is 0 Å². The summed E-state index contributed by atoms with van der Waals surface area (Å²) in [4.78, 5) is 24.2. The van der Waals surface area contributed by atoms with Crippen molar-refractivity contribution in [1.29, 1.82) is 0 Å². The SMILES string of the molecule is CCNC(=O)CC(NC(=O)c1ccccc1)c1ccccc1. The summed E-state index contributed by atoms with van der Waals surface area (Å²) < 4.78 is 0. The van der Waals surface area contributed by atoms with Crippen molar-refractivity contribution < 1.29 is 9.59 Å². The van der Waals surface area contributed by atoms with Gasteiger partial charge < -0.3 is 10.6 Å². The molecule has 2 aromatic carbocycles. The van der Waals surface area contributed by atoms with Gasteiger partial charge in [0.05, 0.1) is 12.5 Å². The van der Waals surface area contributed by atoms with Gasteiger partial charge in [0.15, 0.2) is 0 Å². The molecule has 114 valence electrons. The van der Waals surface area contributed by atoms with Gasteiger partial charge in [0, 0.05) is 12.1 Å². The number of carbonyl (C=O) groups excluding carboxylic acids is 2. The first-order valence-electron chi connectivity index (χ1n) is 7.38. The van der Waals surface area contributed by atoms with E-state index in [0.717, 1.165) is 5.56 Å². The molecule has 2 N–H and O–H groups in total. The molecule has 0 fully saturated rings. The van der Waals surface area contributed by atoms with Gasteiger partial charge in [0.1, 0.15) is 0 Å². The molecule has 2 rings (SSSR count). The van der Waals surface area contributed by atoms with Crippen LogP contribution >= 0.6 is 0 Å². The van der Waals surface area contributed by atoms with E-state index in [9.17, 15) is 9.59 Å². The summed E-state index contributed by atoms with van der Waals surface area (Å²) in [5.41, 5.74) is 1.50. The van der Waals surface area contributed by atoms with E-state index in [1.54, 1.807) is 12.1 Å². The van der Waals surface area contributed by atoms with Gasteiger partial charge in [0.25, 0.3) is 5.91 Å². The fourth-order valence-corrected chi connectivity index (χ4v) is 2.22. The summed E-state index contributed by atoms with van der Waals surface area (Å²) in [5, 5.41) is 5.71. The quantitative estimate of drug-likeness (QED) is 0.861. The third-order valence-electron chi connectivity index (χ3n) is 3.31. The summed E-state index contributed by atoms with van der Waals surface area (Å²) in [5.74, 6) is -0.261. The number of amides is 2. The van der Waals surface area contributed by atoms with Crippen LogP contribution in [0.3, 0.4) is 0 Å². The van der Waals surface area contributed by atoms with Crippen LogP contribution < -0.4 is 10.6 Å². The van der Waals surface area contributed by atoms with Crippen molar-refractivity contribution in [3.8, 4) is 0 Å². The maximum atomic E-state index is 12.3. The summed E-state index contributed by atoms with van der Waals surface area (Å²) in [6, 6.07) is 18.2. The maximum absolute atomic E-state index is 12.3. The van der Waals surface area contributed by atoms with Gasteiger partial charge in [-0.2, -0.15) is 0 Å². The first kappa shape index (κ1) is 15.8. The summed E-state index contributed by atoms with van der Waals surface area (Å²) in [6.07, 6.45) is 0.219. The third-order valence-corrected chi connectivity index (χ3v) is 3.31. The van der Waals surface area contributed by atoms with Crippen LogP contribution in [0.15, 0.2) is 60.7 Å². The van der Waals surface area contributed by atoms with Crippen molar-refractivity contribution in [3.05, 3.63) is 71.8 Å². The lowest BCUT2D eigenvalue weighted by atomic mass is 10.0. The Kier molecular flexibility index (Phi) is 5.72. The van der Waals surface area contributed by atoms with Gasteiger partial charge in [-0.25, -0.2) is 0 Å². The van der Waals surface area contributed by atoms with Gasteiger partial charge in [-0.05, 0) is 24.6 Å². The topological polar surface area (TPSA) is 58.2 Å². The lowest BCUT2D eigenvalue weighted by Gasteiger charge is -2.19. The van der Waals surface area contributed by atoms with Crippen molar-refractivity contribution in [1.82, 2.24) is 10.6 Å². The van der Waals surface area contributed by atoms with Crippen LogP contribution in [0, 0.1) is 0 Å². The van der Waals surface area contributed by atoms with Crippen LogP contribution in [0.25, 0.3) is 0 Å². The molecule has 0 aliphatic heterocycles. The first-order valence-corrected chi connectivity index (χ1v) is 7.38. The highest BCUT2D eigenvalue weighted by Crippen LogP contribution is 2.17. The van der Waals surface area contributed by atoms with Gasteiger partial charge in [-0.1, -0.05) is 48.5 Å². The van der Waals surface area contributed by atoms with E-state index < -0.39 is 0 Å². The van der Waals surface area contributed by atoms with Crippen LogP contribution in [0.2, 0.25) is 0 Å². The van der Waals surface area contributed by atoms with E-state index in [1.807, 2.05) is 55.5 Å². The van der Waals surface area contributed by atoms with E-state index in [1.165, 1.54) is 0 Å². The maximum Gasteiger partial charge on any atom is 0.251 e. The highest BCUT2D eigenvalue weighted by molar-refractivity contribution is 5.94. The lowest BCUT2D eigenvalue weighted by Crippen LogP contribution is -2.33. The highest BCUT2D eigenvalue weighted by Gasteiger charge is 2.18. The minimum atomic E-state index is -0.347. The Balaban J connectivity index is 2.14. The molecule has 0 aliphatic carbocycles. The van der Waals surface area contributed by atoms with Crippen LogP contribution in [0.5, 0.6) is 0 Å². The zero-order valence-electron chi connectivity index (χ0n) is 12.6. The molecule has 0 saturated carbocycles. The Morgan fingerprint density at radius 2 is 1.55 bits per heavy atom. The van der Waals surface area contributed by atoms with E-state index in [2.05, 4.69) is 10.6 Å². The Bertz CT molecular complexity index is 611. The van der Waals surface area contributed by atoms with Crippen LogP contribution in [-0.4, -0.2) is 18.4 Å². The van der Waals surface area contributed by atoms with E-state index in [-0.39, 0.29) is 24.3 Å². The van der Waals surface area contributed by atoms with Crippen molar-refractivity contribution in [2.75, 3.05) is 6.54 Å². The monoisotopic (exact) mass is 296 g/mol. The van der Waals surface area contributed by atoms with Crippen LogP contribution in [-0.2, 0) is 4.79 Å². The fraction of sp³-hybridized carbons (Fsp3) is 0.222. The standard InChI is InChI=1S/C18H20N2O2/c1-2-19-17(21)13-16(14-9-5-3-6-10-14)20-18(22)15-11-7-4-8-12-15/h3-12,16H,2,13H2,1H3,(H,19,21)(H,20,22). The fourth-order valence-electron chi connectivity index (χ4n) is 2.22. The Labute approximate surface area is 130 Å². The van der Waals surface area contributed by atoms with Crippen LogP contribution in [0.1, 0.15) is 35.3 Å². The van der Waals surface area contributed by atoms with Crippen molar-refractivity contribution >= 4 is 11.8 Å². The highest BCUT2D eigenvalue weighted by atomic mass is 16.2. The molecule has 0 aliphatic rings. The van der Waals surface area contributed by atoms with Gasteiger partial charge in [-0.15, -0.1) is 0 Å². The average molecular weight is 296 g/mol. The molecule has 0 heterocycles. The van der Waals surface area contributed by atoms with Gasteiger partial charge >= 0.3 is 0 Å². The Hall–Kier alpha value is -2.62. The molecule has 1 unspecified atom stereocenters. The van der Waals surface area contributed by atoms with E-state index >= 15 is 0 Å². The molecule has 0 aromatic heterocycles. The summed E-state index contributed by atoms with van der Waals surface area (Å²) >= 11 is 0. The molecule has 0 saturated heterocycles. The molecular formula is C18H20N2O2. The minimum absolute atomic E-state index is 0.0790. The number of hydrogen-bond acceptors (Lipinski definition) is 2. The molecule has 0 spiro atoms. The molecule has 1 atom stereocenters. The smallest absolute Gasteiger partial charge is 0.251 e. The van der Waals surface area contributed by atoms with Gasteiger partial charge in [-0.3, -0.25) is 9.59 Å². The normalized spacial score (nSPS) is 11.5. The summed E-state index contributed by atoms with van der Waals surface area (Å²) in [6.45, 7) is 2.45. The zero-order chi connectivity index (χ0) is 15.8. The number of rotatable bonds is 6. The molecular weight excluding hydrogens is 276 g/mol.